The first-order valence-electron chi connectivity index (χ1n) is 8.53. The number of ether oxygens (including phenoxy) is 1. The van der Waals surface area contributed by atoms with Crippen molar-refractivity contribution in [1.29, 1.82) is 0 Å². The van der Waals surface area contributed by atoms with Gasteiger partial charge in [0.05, 0.1) is 18.7 Å². The van der Waals surface area contributed by atoms with E-state index < -0.39 is 12.0 Å². The molecule has 0 bridgehead atoms. The molecule has 2 amide bonds. The third-order valence-electron chi connectivity index (χ3n) is 4.75. The van der Waals surface area contributed by atoms with Crippen molar-refractivity contribution in [3.05, 3.63) is 46.1 Å². The monoisotopic (exact) mass is 378 g/mol. The van der Waals surface area contributed by atoms with Gasteiger partial charge in [-0.25, -0.2) is 9.59 Å². The summed E-state index contributed by atoms with van der Waals surface area (Å²) in [7, 11) is 3.42. The molecule has 7 nitrogen and oxygen atoms in total. The van der Waals surface area contributed by atoms with Gasteiger partial charge in [0.25, 0.3) is 0 Å². The average molecular weight is 379 g/mol. The molecule has 1 aromatic carbocycles. The van der Waals surface area contributed by atoms with Crippen molar-refractivity contribution in [2.45, 2.75) is 6.04 Å². The van der Waals surface area contributed by atoms with E-state index in [1.54, 1.807) is 18.2 Å². The summed E-state index contributed by atoms with van der Waals surface area (Å²) in [6.07, 6.45) is 0. The molecule has 2 heterocycles. The second-order valence-electron chi connectivity index (χ2n) is 6.52. The largest absolute Gasteiger partial charge is 0.466 e. The molecule has 140 valence electrons. The summed E-state index contributed by atoms with van der Waals surface area (Å²) in [6, 6.07) is 6.17. The number of carbonyl (C=O) groups excluding carboxylic acids is 2. The first-order chi connectivity index (χ1) is 12.5. The average Bonchev–Trinajstić information content (AvgIpc) is 2.63. The van der Waals surface area contributed by atoms with Gasteiger partial charge in [-0.2, -0.15) is 0 Å². The molecule has 0 radical (unpaired) electrons. The van der Waals surface area contributed by atoms with E-state index in [9.17, 15) is 9.59 Å². The number of esters is 1. The van der Waals surface area contributed by atoms with Crippen LogP contribution in [0, 0.1) is 0 Å². The summed E-state index contributed by atoms with van der Waals surface area (Å²) < 4.78 is 5.00. The van der Waals surface area contributed by atoms with Gasteiger partial charge in [-0.15, -0.1) is 0 Å². The molecule has 1 unspecified atom stereocenters. The number of likely N-dealkylation sites (N-methyl/N-ethyl adjacent to an activating group) is 1. The van der Waals surface area contributed by atoms with Crippen LogP contribution in [0.1, 0.15) is 11.6 Å². The Balaban J connectivity index is 1.96. The number of amides is 2. The maximum absolute atomic E-state index is 12.5. The maximum atomic E-state index is 12.5. The number of nitrogens with zero attached hydrogens (tertiary/aromatic N) is 2. The van der Waals surface area contributed by atoms with Crippen LogP contribution in [-0.4, -0.2) is 68.7 Å². The molecular weight excluding hydrogens is 356 g/mol. The highest BCUT2D eigenvalue weighted by Gasteiger charge is 2.35. The Labute approximate surface area is 157 Å². The number of rotatable bonds is 4. The van der Waals surface area contributed by atoms with Crippen LogP contribution in [0.5, 0.6) is 0 Å². The fourth-order valence-corrected chi connectivity index (χ4v) is 3.51. The van der Waals surface area contributed by atoms with Crippen LogP contribution < -0.4 is 10.6 Å². The molecule has 3 rings (SSSR count). The van der Waals surface area contributed by atoms with Gasteiger partial charge in [0.15, 0.2) is 0 Å². The van der Waals surface area contributed by atoms with Gasteiger partial charge >= 0.3 is 12.0 Å². The quantitative estimate of drug-likeness (QED) is 0.774. The highest BCUT2D eigenvalue weighted by molar-refractivity contribution is 6.31. The lowest BCUT2D eigenvalue weighted by molar-refractivity contribution is -0.136. The highest BCUT2D eigenvalue weighted by atomic mass is 35.5. The molecule has 8 heteroatoms. The fraction of sp³-hybridized carbons (Fsp3) is 0.444. The van der Waals surface area contributed by atoms with Gasteiger partial charge in [-0.3, -0.25) is 4.90 Å². The standard InChI is InChI=1S/C18H23ClN4O3/c1-22-7-9-23(10-8-22)11-14-15(17(24)26-2)16(21-18(25)20-14)12-5-3-4-6-13(12)19/h3-6,16H,7-11H2,1-2H3,(H2,20,21,25). The van der Waals surface area contributed by atoms with Crippen LogP contribution in [0.4, 0.5) is 4.79 Å². The van der Waals surface area contributed by atoms with Crippen molar-refractivity contribution < 1.29 is 14.3 Å². The Bertz CT molecular complexity index is 729. The lowest BCUT2D eigenvalue weighted by Gasteiger charge is -2.35. The number of urea groups is 1. The van der Waals surface area contributed by atoms with E-state index in [0.717, 1.165) is 26.2 Å². The van der Waals surface area contributed by atoms with Crippen molar-refractivity contribution in [3.8, 4) is 0 Å². The number of benzene rings is 1. The molecule has 1 atom stereocenters. The zero-order valence-corrected chi connectivity index (χ0v) is 15.7. The van der Waals surface area contributed by atoms with Crippen LogP contribution in [0.3, 0.4) is 0 Å². The summed E-state index contributed by atoms with van der Waals surface area (Å²) in [4.78, 5) is 29.2. The van der Waals surface area contributed by atoms with Crippen molar-refractivity contribution >= 4 is 23.6 Å². The first kappa shape index (κ1) is 18.7. The number of carbonyl (C=O) groups is 2. The lowest BCUT2D eigenvalue weighted by Crippen LogP contribution is -2.51. The molecule has 0 saturated carbocycles. The molecule has 0 aromatic heterocycles. The molecule has 26 heavy (non-hydrogen) atoms. The zero-order valence-electron chi connectivity index (χ0n) is 14.9. The smallest absolute Gasteiger partial charge is 0.338 e. The lowest BCUT2D eigenvalue weighted by atomic mass is 9.95. The van der Waals surface area contributed by atoms with Crippen LogP contribution in [0.25, 0.3) is 0 Å². The summed E-state index contributed by atoms with van der Waals surface area (Å²) in [6.45, 7) is 4.11. The molecule has 0 spiro atoms. The second kappa shape index (κ2) is 8.07. The topological polar surface area (TPSA) is 73.9 Å². The van der Waals surface area contributed by atoms with Crippen molar-refractivity contribution in [1.82, 2.24) is 20.4 Å². The Morgan fingerprint density at radius 1 is 1.27 bits per heavy atom. The number of hydrogen-bond acceptors (Lipinski definition) is 5. The minimum Gasteiger partial charge on any atom is -0.466 e. The Morgan fingerprint density at radius 2 is 1.96 bits per heavy atom. The van der Waals surface area contributed by atoms with E-state index in [-0.39, 0.29) is 6.03 Å². The number of halogens is 1. The third-order valence-corrected chi connectivity index (χ3v) is 5.10. The van der Waals surface area contributed by atoms with Crippen LogP contribution in [0.15, 0.2) is 35.5 Å². The van der Waals surface area contributed by atoms with Crippen molar-refractivity contribution in [2.75, 3.05) is 46.9 Å². The Hall–Kier alpha value is -2.09. The van der Waals surface area contributed by atoms with Crippen molar-refractivity contribution in [3.63, 3.8) is 0 Å². The fourth-order valence-electron chi connectivity index (χ4n) is 3.27. The maximum Gasteiger partial charge on any atom is 0.338 e. The summed E-state index contributed by atoms with van der Waals surface area (Å²) in [5.74, 6) is -0.480. The number of piperazine rings is 1. The molecule has 1 saturated heterocycles. The summed E-state index contributed by atoms with van der Waals surface area (Å²) in [5, 5.41) is 6.07. The first-order valence-corrected chi connectivity index (χ1v) is 8.91. The summed E-state index contributed by atoms with van der Waals surface area (Å²) >= 11 is 6.31. The predicted molar refractivity (Wildman–Crippen MR) is 98.8 cm³/mol. The number of methoxy groups -OCH3 is 1. The Kier molecular flexibility index (Phi) is 5.80. The molecular formula is C18H23ClN4O3. The zero-order chi connectivity index (χ0) is 18.7. The van der Waals surface area contributed by atoms with Crippen LogP contribution in [0.2, 0.25) is 5.02 Å². The molecule has 0 aliphatic carbocycles. The van der Waals surface area contributed by atoms with E-state index in [4.69, 9.17) is 16.3 Å². The minimum absolute atomic E-state index is 0.355. The normalized spacial score (nSPS) is 22.0. The van der Waals surface area contributed by atoms with E-state index in [2.05, 4.69) is 27.5 Å². The molecule has 2 aliphatic rings. The highest BCUT2D eigenvalue weighted by Crippen LogP contribution is 2.32. The second-order valence-corrected chi connectivity index (χ2v) is 6.92. The van der Waals surface area contributed by atoms with Gasteiger partial charge in [-0.05, 0) is 18.7 Å². The van der Waals surface area contributed by atoms with Crippen LogP contribution >= 0.6 is 11.6 Å². The molecule has 1 aromatic rings. The van der Waals surface area contributed by atoms with Gasteiger partial charge in [0.2, 0.25) is 0 Å². The van der Waals surface area contributed by atoms with Gasteiger partial charge in [-0.1, -0.05) is 29.8 Å². The van der Waals surface area contributed by atoms with E-state index in [0.29, 0.717) is 28.4 Å². The van der Waals surface area contributed by atoms with E-state index in [1.807, 2.05) is 6.07 Å². The minimum atomic E-state index is -0.646. The number of hydrogen-bond donors (Lipinski definition) is 2. The Morgan fingerprint density at radius 3 is 2.62 bits per heavy atom. The third kappa shape index (κ3) is 4.00. The summed E-state index contributed by atoms with van der Waals surface area (Å²) in [5.41, 5.74) is 1.62. The predicted octanol–water partition coefficient (Wildman–Crippen LogP) is 1.37. The van der Waals surface area contributed by atoms with Crippen LogP contribution in [-0.2, 0) is 9.53 Å². The van der Waals surface area contributed by atoms with Gasteiger partial charge < -0.3 is 20.3 Å². The molecule has 2 aliphatic heterocycles. The SMILES string of the molecule is COC(=O)C1=C(CN2CCN(C)CC2)NC(=O)NC1c1ccccc1Cl. The van der Waals surface area contributed by atoms with Gasteiger partial charge in [0, 0.05) is 43.4 Å². The molecule has 2 N–H and O–H groups in total. The molecule has 1 fully saturated rings. The van der Waals surface area contributed by atoms with E-state index in [1.165, 1.54) is 7.11 Å². The van der Waals surface area contributed by atoms with Crippen molar-refractivity contribution in [2.24, 2.45) is 0 Å². The number of nitrogens with one attached hydrogen (secondary N) is 2. The van der Waals surface area contributed by atoms with Gasteiger partial charge in [0.1, 0.15) is 0 Å². The van der Waals surface area contributed by atoms with E-state index >= 15 is 0 Å².